The van der Waals surface area contributed by atoms with Crippen molar-refractivity contribution < 1.29 is 14.5 Å². The number of hydrogen-bond acceptors (Lipinski definition) is 2. The quantitative estimate of drug-likeness (QED) is 0.817. The first kappa shape index (κ1) is 16.5. The smallest absolute Gasteiger partial charge is 0.238 e. The Morgan fingerprint density at radius 2 is 1.14 bits per heavy atom. The molecule has 2 aromatic rings. The van der Waals surface area contributed by atoms with Crippen molar-refractivity contribution >= 4 is 11.8 Å². The maximum Gasteiger partial charge on any atom is 0.238 e. The van der Waals surface area contributed by atoms with Gasteiger partial charge in [0.1, 0.15) is 0 Å². The minimum atomic E-state index is -0.230. The van der Waals surface area contributed by atoms with Crippen molar-refractivity contribution in [1.82, 2.24) is 4.90 Å². The minimum absolute atomic E-state index is 0.0141. The van der Waals surface area contributed by atoms with Gasteiger partial charge in [-0.05, 0) is 41.5 Å². The SMILES string of the molecule is O=C1[C@@H]2C3c4ccccc4C(c4ccccc43)[C@@H]2C(=O)N1C[NH+]1CCCCC1. The van der Waals surface area contributed by atoms with Crippen LogP contribution < -0.4 is 4.90 Å². The summed E-state index contributed by atoms with van der Waals surface area (Å²) in [6.07, 6.45) is 3.66. The number of quaternary nitrogens is 1. The number of nitrogens with zero attached hydrogens (tertiary/aromatic N) is 1. The van der Waals surface area contributed by atoms with E-state index in [0.29, 0.717) is 6.67 Å². The van der Waals surface area contributed by atoms with E-state index in [-0.39, 0.29) is 35.5 Å². The van der Waals surface area contributed by atoms with Gasteiger partial charge in [-0.3, -0.25) is 9.59 Å². The van der Waals surface area contributed by atoms with E-state index in [2.05, 4.69) is 48.5 Å². The van der Waals surface area contributed by atoms with E-state index in [9.17, 15) is 9.59 Å². The second kappa shape index (κ2) is 6.02. The molecule has 28 heavy (non-hydrogen) atoms. The second-order valence-electron chi connectivity index (χ2n) is 8.84. The highest BCUT2D eigenvalue weighted by molar-refractivity contribution is 6.07. The molecule has 2 saturated heterocycles. The first-order valence-electron chi connectivity index (χ1n) is 10.6. The molecule has 142 valence electrons. The molecule has 0 unspecified atom stereocenters. The van der Waals surface area contributed by atoms with Gasteiger partial charge in [-0.2, -0.15) is 0 Å². The summed E-state index contributed by atoms with van der Waals surface area (Å²) in [5.41, 5.74) is 5.00. The zero-order chi connectivity index (χ0) is 18.8. The maximum absolute atomic E-state index is 13.5. The molecule has 2 atom stereocenters. The Bertz CT molecular complexity index is 863. The van der Waals surface area contributed by atoms with E-state index in [1.165, 1.54) is 46.4 Å². The Labute approximate surface area is 165 Å². The van der Waals surface area contributed by atoms with E-state index in [1.807, 2.05) is 0 Å². The molecule has 2 aromatic carbocycles. The largest absolute Gasteiger partial charge is 0.317 e. The number of nitrogens with one attached hydrogen (secondary N) is 1. The first-order chi connectivity index (χ1) is 13.8. The van der Waals surface area contributed by atoms with Crippen molar-refractivity contribution in [3.05, 3.63) is 70.8 Å². The van der Waals surface area contributed by atoms with E-state index in [0.717, 1.165) is 13.1 Å². The molecular formula is C24H25N2O2+. The highest BCUT2D eigenvalue weighted by atomic mass is 16.2. The lowest BCUT2D eigenvalue weighted by atomic mass is 9.55. The van der Waals surface area contributed by atoms with Crippen LogP contribution >= 0.6 is 0 Å². The number of likely N-dealkylation sites (tertiary alicyclic amines) is 2. The molecule has 4 heteroatoms. The van der Waals surface area contributed by atoms with Gasteiger partial charge in [0.05, 0.1) is 24.9 Å². The van der Waals surface area contributed by atoms with E-state index in [4.69, 9.17) is 0 Å². The molecule has 5 aliphatic rings. The summed E-state index contributed by atoms with van der Waals surface area (Å²) in [4.78, 5) is 30.1. The zero-order valence-electron chi connectivity index (χ0n) is 15.9. The van der Waals surface area contributed by atoms with Crippen LogP contribution in [0.15, 0.2) is 48.5 Å². The maximum atomic E-state index is 13.5. The van der Waals surface area contributed by atoms with Crippen LogP contribution in [0.1, 0.15) is 53.4 Å². The Kier molecular flexibility index (Phi) is 3.54. The van der Waals surface area contributed by atoms with Gasteiger partial charge in [0.15, 0.2) is 6.67 Å². The van der Waals surface area contributed by atoms with Crippen molar-refractivity contribution in [3.8, 4) is 0 Å². The summed E-state index contributed by atoms with van der Waals surface area (Å²) in [5, 5.41) is 0. The van der Waals surface area contributed by atoms with E-state index < -0.39 is 0 Å². The molecule has 2 fully saturated rings. The van der Waals surface area contributed by atoms with Crippen LogP contribution in [0.5, 0.6) is 0 Å². The molecule has 4 nitrogen and oxygen atoms in total. The molecule has 0 radical (unpaired) electrons. The van der Waals surface area contributed by atoms with E-state index >= 15 is 0 Å². The molecule has 0 saturated carbocycles. The number of imide groups is 1. The zero-order valence-corrected chi connectivity index (χ0v) is 15.9. The number of rotatable bonds is 2. The number of hydrogen-bond donors (Lipinski definition) is 1. The Morgan fingerprint density at radius 3 is 1.57 bits per heavy atom. The summed E-state index contributed by atoms with van der Waals surface area (Å²) in [6, 6.07) is 16.9. The van der Waals surface area contributed by atoms with Crippen LogP contribution in [0.25, 0.3) is 0 Å². The van der Waals surface area contributed by atoms with Gasteiger partial charge < -0.3 is 4.90 Å². The van der Waals surface area contributed by atoms with Gasteiger partial charge in [-0.1, -0.05) is 48.5 Å². The van der Waals surface area contributed by atoms with Gasteiger partial charge in [0, 0.05) is 11.8 Å². The van der Waals surface area contributed by atoms with Gasteiger partial charge in [-0.25, -0.2) is 4.90 Å². The number of piperidine rings is 1. The van der Waals surface area contributed by atoms with Crippen molar-refractivity contribution in [2.24, 2.45) is 11.8 Å². The number of carbonyl (C=O) groups is 2. The van der Waals surface area contributed by atoms with Crippen LogP contribution in [0.3, 0.4) is 0 Å². The van der Waals surface area contributed by atoms with Crippen LogP contribution in [0.4, 0.5) is 0 Å². The summed E-state index contributed by atoms with van der Waals surface area (Å²) in [5.74, 6) is -0.308. The lowest BCUT2D eigenvalue weighted by molar-refractivity contribution is -0.912. The van der Waals surface area contributed by atoms with Crippen LogP contribution in [-0.2, 0) is 9.59 Å². The highest BCUT2D eigenvalue weighted by Gasteiger charge is 2.61. The Morgan fingerprint density at radius 1 is 0.714 bits per heavy atom. The van der Waals surface area contributed by atoms with Crippen molar-refractivity contribution in [3.63, 3.8) is 0 Å². The third kappa shape index (κ3) is 2.10. The molecule has 0 spiro atoms. The molecule has 2 bridgehead atoms. The highest BCUT2D eigenvalue weighted by Crippen LogP contribution is 2.60. The average molecular weight is 373 g/mol. The number of carbonyl (C=O) groups excluding carboxylic acids is 2. The lowest BCUT2D eigenvalue weighted by Gasteiger charge is -2.45. The third-order valence-electron chi connectivity index (χ3n) is 7.48. The fraction of sp³-hybridized carbons (Fsp3) is 0.417. The first-order valence-corrected chi connectivity index (χ1v) is 10.6. The van der Waals surface area contributed by atoms with Crippen molar-refractivity contribution in [2.45, 2.75) is 31.1 Å². The average Bonchev–Trinajstić information content (AvgIpc) is 3.00. The normalized spacial score (nSPS) is 30.9. The molecule has 3 aliphatic carbocycles. The summed E-state index contributed by atoms with van der Waals surface area (Å²) in [7, 11) is 0. The molecule has 2 heterocycles. The minimum Gasteiger partial charge on any atom is -0.317 e. The predicted molar refractivity (Wildman–Crippen MR) is 105 cm³/mol. The van der Waals surface area contributed by atoms with Crippen molar-refractivity contribution in [1.29, 1.82) is 0 Å². The molecule has 2 aliphatic heterocycles. The molecule has 7 rings (SSSR count). The second-order valence-corrected chi connectivity index (χ2v) is 8.84. The van der Waals surface area contributed by atoms with Crippen LogP contribution in [-0.4, -0.2) is 36.5 Å². The predicted octanol–water partition coefficient (Wildman–Crippen LogP) is 1.90. The summed E-state index contributed by atoms with van der Waals surface area (Å²) < 4.78 is 0. The molecule has 0 aromatic heterocycles. The molecule has 2 amide bonds. The molecular weight excluding hydrogens is 348 g/mol. The Balaban J connectivity index is 1.45. The van der Waals surface area contributed by atoms with Crippen LogP contribution in [0, 0.1) is 11.8 Å². The number of benzene rings is 2. The lowest BCUT2D eigenvalue weighted by Crippen LogP contribution is -3.14. The summed E-state index contributed by atoms with van der Waals surface area (Å²) in [6.45, 7) is 2.69. The Hall–Kier alpha value is -2.46. The van der Waals surface area contributed by atoms with Gasteiger partial charge in [0.2, 0.25) is 11.8 Å². The topological polar surface area (TPSA) is 41.8 Å². The monoisotopic (exact) mass is 373 g/mol. The fourth-order valence-corrected chi connectivity index (χ4v) is 6.33. The van der Waals surface area contributed by atoms with E-state index in [1.54, 1.807) is 4.90 Å². The summed E-state index contributed by atoms with van der Waals surface area (Å²) >= 11 is 0. The van der Waals surface area contributed by atoms with Gasteiger partial charge in [-0.15, -0.1) is 0 Å². The van der Waals surface area contributed by atoms with Gasteiger partial charge >= 0.3 is 0 Å². The molecule has 1 N–H and O–H groups in total. The third-order valence-corrected chi connectivity index (χ3v) is 7.48. The fourth-order valence-electron chi connectivity index (χ4n) is 6.33. The van der Waals surface area contributed by atoms with Crippen LogP contribution in [0.2, 0.25) is 0 Å². The number of amides is 2. The standard InChI is InChI=1S/C24H24N2O2/c27-23-21-19-15-8-2-3-9-16(15)20(18-11-5-4-10-17(18)19)22(21)24(28)26(23)14-25-12-6-1-7-13-25/h2-5,8-11,19-22H,1,6-7,12-14H2/p+1/t19?,20?,21-,22+. The van der Waals surface area contributed by atoms with Gasteiger partial charge in [0.25, 0.3) is 0 Å². The van der Waals surface area contributed by atoms with Crippen molar-refractivity contribution in [2.75, 3.05) is 19.8 Å².